The van der Waals surface area contributed by atoms with Crippen molar-refractivity contribution >= 4 is 0 Å². The Hall–Kier alpha value is -0.930. The second kappa shape index (κ2) is 3.82. The van der Waals surface area contributed by atoms with E-state index in [9.17, 15) is 0 Å². The van der Waals surface area contributed by atoms with Crippen molar-refractivity contribution in [3.63, 3.8) is 0 Å². The molecule has 0 bridgehead atoms. The predicted octanol–water partition coefficient (Wildman–Crippen LogP) is 1.75. The summed E-state index contributed by atoms with van der Waals surface area (Å²) in [6.07, 6.45) is 6.79. The molecule has 3 heteroatoms. The van der Waals surface area contributed by atoms with Crippen LogP contribution in [0.15, 0.2) is 6.07 Å². The third kappa shape index (κ3) is 1.55. The number of aromatic nitrogens is 1. The normalized spacial score (nSPS) is 28.4. The Labute approximate surface area is 96.2 Å². The van der Waals surface area contributed by atoms with E-state index in [4.69, 9.17) is 16.5 Å². The molecule has 2 atom stereocenters. The number of fused-ring (bicyclic) bond motifs is 2. The molecule has 0 aliphatic heterocycles. The molecule has 86 valence electrons. The van der Waals surface area contributed by atoms with Gasteiger partial charge in [-0.3, -0.25) is 4.98 Å². The Morgan fingerprint density at radius 2 is 1.44 bits per heavy atom. The molecular weight excluding hydrogens is 198 g/mol. The van der Waals surface area contributed by atoms with E-state index in [1.165, 1.54) is 24.0 Å². The summed E-state index contributed by atoms with van der Waals surface area (Å²) < 4.78 is 0. The zero-order chi connectivity index (χ0) is 11.1. The van der Waals surface area contributed by atoms with E-state index in [2.05, 4.69) is 6.07 Å². The second-order valence-electron chi connectivity index (χ2n) is 5.07. The first-order chi connectivity index (χ1) is 7.75. The molecule has 2 aliphatic rings. The highest BCUT2D eigenvalue weighted by Crippen LogP contribution is 2.33. The van der Waals surface area contributed by atoms with E-state index in [1.54, 1.807) is 0 Å². The lowest BCUT2D eigenvalue weighted by molar-refractivity contribution is 0.517. The van der Waals surface area contributed by atoms with Crippen LogP contribution in [0.25, 0.3) is 0 Å². The van der Waals surface area contributed by atoms with E-state index in [0.717, 1.165) is 37.1 Å². The van der Waals surface area contributed by atoms with Gasteiger partial charge in [-0.15, -0.1) is 0 Å². The van der Waals surface area contributed by atoms with Gasteiger partial charge in [-0.1, -0.05) is 6.07 Å². The molecule has 2 aliphatic carbocycles. The molecule has 3 rings (SSSR count). The molecule has 0 fully saturated rings. The van der Waals surface area contributed by atoms with Crippen molar-refractivity contribution in [3.8, 4) is 0 Å². The monoisotopic (exact) mass is 217 g/mol. The second-order valence-corrected chi connectivity index (χ2v) is 5.07. The molecular formula is C13H19N3. The lowest BCUT2D eigenvalue weighted by Gasteiger charge is -2.27. The SMILES string of the molecule is NC1CCCc2cc3c(nc21)C(N)CCC3. The number of pyridine rings is 1. The van der Waals surface area contributed by atoms with Gasteiger partial charge in [0.15, 0.2) is 0 Å². The van der Waals surface area contributed by atoms with E-state index >= 15 is 0 Å². The minimum atomic E-state index is 0.128. The molecule has 0 aromatic carbocycles. The van der Waals surface area contributed by atoms with Crippen LogP contribution in [0.4, 0.5) is 0 Å². The minimum absolute atomic E-state index is 0.128. The van der Waals surface area contributed by atoms with E-state index in [0.29, 0.717) is 0 Å². The minimum Gasteiger partial charge on any atom is -0.323 e. The van der Waals surface area contributed by atoms with E-state index in [-0.39, 0.29) is 12.1 Å². The van der Waals surface area contributed by atoms with Crippen molar-refractivity contribution in [3.05, 3.63) is 28.6 Å². The zero-order valence-electron chi connectivity index (χ0n) is 9.58. The van der Waals surface area contributed by atoms with Gasteiger partial charge in [-0.2, -0.15) is 0 Å². The van der Waals surface area contributed by atoms with Crippen LogP contribution in [0.3, 0.4) is 0 Å². The number of nitrogens with two attached hydrogens (primary N) is 2. The van der Waals surface area contributed by atoms with Crippen LogP contribution >= 0.6 is 0 Å². The smallest absolute Gasteiger partial charge is 0.0607 e. The highest BCUT2D eigenvalue weighted by molar-refractivity contribution is 5.36. The van der Waals surface area contributed by atoms with Crippen LogP contribution in [0.1, 0.15) is 60.3 Å². The fraction of sp³-hybridized carbons (Fsp3) is 0.615. The Morgan fingerprint density at radius 3 is 1.94 bits per heavy atom. The van der Waals surface area contributed by atoms with Gasteiger partial charge < -0.3 is 11.5 Å². The lowest BCUT2D eigenvalue weighted by atomic mass is 9.86. The summed E-state index contributed by atoms with van der Waals surface area (Å²) in [5.74, 6) is 0. The highest BCUT2D eigenvalue weighted by Gasteiger charge is 2.24. The first-order valence-electron chi connectivity index (χ1n) is 6.29. The summed E-state index contributed by atoms with van der Waals surface area (Å²) in [7, 11) is 0. The van der Waals surface area contributed by atoms with E-state index in [1.807, 2.05) is 0 Å². The van der Waals surface area contributed by atoms with Crippen LogP contribution in [-0.2, 0) is 12.8 Å². The first kappa shape index (κ1) is 10.2. The molecule has 1 aromatic rings. The molecule has 3 nitrogen and oxygen atoms in total. The fourth-order valence-corrected chi connectivity index (χ4v) is 2.97. The molecule has 2 unspecified atom stereocenters. The molecule has 0 radical (unpaired) electrons. The average molecular weight is 217 g/mol. The Morgan fingerprint density at radius 1 is 0.938 bits per heavy atom. The third-order valence-electron chi connectivity index (χ3n) is 3.87. The summed E-state index contributed by atoms with van der Waals surface area (Å²) in [6.45, 7) is 0. The maximum atomic E-state index is 6.12. The van der Waals surface area contributed by atoms with Gasteiger partial charge in [0, 0.05) is 12.1 Å². The molecule has 1 aromatic heterocycles. The molecule has 0 spiro atoms. The molecule has 4 N–H and O–H groups in total. The van der Waals surface area contributed by atoms with Crippen LogP contribution < -0.4 is 11.5 Å². The largest absolute Gasteiger partial charge is 0.323 e. The van der Waals surface area contributed by atoms with Crippen molar-refractivity contribution in [2.75, 3.05) is 0 Å². The molecule has 16 heavy (non-hydrogen) atoms. The molecule has 1 heterocycles. The van der Waals surface area contributed by atoms with Crippen molar-refractivity contribution in [2.45, 2.75) is 50.6 Å². The van der Waals surface area contributed by atoms with Crippen LogP contribution in [0.5, 0.6) is 0 Å². The van der Waals surface area contributed by atoms with Gasteiger partial charge in [0.25, 0.3) is 0 Å². The lowest BCUT2D eigenvalue weighted by Crippen LogP contribution is -2.25. The standard InChI is InChI=1S/C13H19N3/c14-10-5-1-3-8-7-9-4-2-6-11(15)13(9)16-12(8)10/h7,10-11H,1-6,14-15H2. The number of hydrogen-bond acceptors (Lipinski definition) is 3. The van der Waals surface area contributed by atoms with Crippen molar-refractivity contribution in [1.29, 1.82) is 0 Å². The molecule has 0 saturated carbocycles. The molecule has 0 amide bonds. The highest BCUT2D eigenvalue weighted by atomic mass is 14.8. The topological polar surface area (TPSA) is 64.9 Å². The predicted molar refractivity (Wildman–Crippen MR) is 64.0 cm³/mol. The number of nitrogens with zero attached hydrogens (tertiary/aromatic N) is 1. The van der Waals surface area contributed by atoms with Gasteiger partial charge in [0.05, 0.1) is 11.4 Å². The van der Waals surface area contributed by atoms with Gasteiger partial charge in [-0.05, 0) is 49.7 Å². The van der Waals surface area contributed by atoms with Crippen LogP contribution in [0, 0.1) is 0 Å². The number of aryl methyl sites for hydroxylation is 2. The van der Waals surface area contributed by atoms with Gasteiger partial charge in [-0.25, -0.2) is 0 Å². The Balaban J connectivity index is 2.10. The number of hydrogen-bond donors (Lipinski definition) is 2. The summed E-state index contributed by atoms with van der Waals surface area (Å²) >= 11 is 0. The number of rotatable bonds is 0. The third-order valence-corrected chi connectivity index (χ3v) is 3.87. The Kier molecular flexibility index (Phi) is 2.45. The Bertz CT molecular complexity index is 379. The molecule has 0 saturated heterocycles. The summed E-state index contributed by atoms with van der Waals surface area (Å²) in [6, 6.07) is 2.57. The van der Waals surface area contributed by atoms with Gasteiger partial charge in [0.1, 0.15) is 0 Å². The van der Waals surface area contributed by atoms with Gasteiger partial charge in [0.2, 0.25) is 0 Å². The zero-order valence-corrected chi connectivity index (χ0v) is 9.58. The maximum Gasteiger partial charge on any atom is 0.0607 e. The fourth-order valence-electron chi connectivity index (χ4n) is 2.97. The first-order valence-corrected chi connectivity index (χ1v) is 6.29. The van der Waals surface area contributed by atoms with Crippen molar-refractivity contribution < 1.29 is 0 Å². The van der Waals surface area contributed by atoms with E-state index < -0.39 is 0 Å². The quantitative estimate of drug-likeness (QED) is 0.696. The average Bonchev–Trinajstić information content (AvgIpc) is 2.28. The maximum absolute atomic E-state index is 6.12. The van der Waals surface area contributed by atoms with Crippen molar-refractivity contribution in [2.24, 2.45) is 11.5 Å². The van der Waals surface area contributed by atoms with Crippen LogP contribution in [0.2, 0.25) is 0 Å². The van der Waals surface area contributed by atoms with Gasteiger partial charge >= 0.3 is 0 Å². The summed E-state index contributed by atoms with van der Waals surface area (Å²) in [5, 5.41) is 0. The summed E-state index contributed by atoms with van der Waals surface area (Å²) in [5.41, 5.74) is 17.2. The summed E-state index contributed by atoms with van der Waals surface area (Å²) in [4.78, 5) is 4.77. The van der Waals surface area contributed by atoms with Crippen molar-refractivity contribution in [1.82, 2.24) is 4.98 Å². The van der Waals surface area contributed by atoms with Crippen LogP contribution in [-0.4, -0.2) is 4.98 Å².